The zero-order chi connectivity index (χ0) is 17.9. The first kappa shape index (κ1) is 22.2. The van der Waals surface area contributed by atoms with Crippen molar-refractivity contribution in [1.29, 1.82) is 0 Å². The molecule has 0 aliphatic rings. The molecule has 0 aliphatic heterocycles. The number of rotatable bonds is 10. The van der Waals surface area contributed by atoms with Crippen molar-refractivity contribution in [3.05, 3.63) is 23.3 Å². The van der Waals surface area contributed by atoms with Crippen LogP contribution in [-0.4, -0.2) is 31.1 Å². The Kier molecular flexibility index (Phi) is 11.3. The molecule has 0 spiro atoms. The molecular weight excluding hydrogens is 399 g/mol. The van der Waals surface area contributed by atoms with Crippen LogP contribution in [0, 0.1) is 0 Å². The third-order valence-electron chi connectivity index (χ3n) is 3.21. The van der Waals surface area contributed by atoms with Gasteiger partial charge in [-0.05, 0) is 0 Å². The first-order chi connectivity index (χ1) is 10.7. The summed E-state index contributed by atoms with van der Waals surface area (Å²) in [5.74, 6) is -0.726. The van der Waals surface area contributed by atoms with Crippen LogP contribution in [0.25, 0.3) is 0 Å². The summed E-state index contributed by atoms with van der Waals surface area (Å²) >= 11 is -3.76. The average Bonchev–Trinajstić information content (AvgIpc) is 2.40. The van der Waals surface area contributed by atoms with Crippen molar-refractivity contribution in [2.24, 2.45) is 0 Å². The molecule has 0 aliphatic carbocycles. The summed E-state index contributed by atoms with van der Waals surface area (Å²) in [6.45, 7) is 11.6. The van der Waals surface area contributed by atoms with Gasteiger partial charge in [-0.1, -0.05) is 0 Å². The van der Waals surface area contributed by atoms with E-state index in [1.807, 2.05) is 27.7 Å². The standard InChI is InChI=1S/2C5H8O2.2C4H9.Sn/c2*1-4(2)3-5(6)7;2*1-3-4-2;/h2*3H,1-2H3,(H,6,7);2*1,3-4H2,2H3;/q;;;;+2/p-2. The molecule has 0 fully saturated rings. The van der Waals surface area contributed by atoms with Crippen LogP contribution in [0.5, 0.6) is 0 Å². The third kappa shape index (κ3) is 10.6. The van der Waals surface area contributed by atoms with E-state index >= 15 is 0 Å². The Labute approximate surface area is 146 Å². The molecule has 0 bridgehead atoms. The summed E-state index contributed by atoms with van der Waals surface area (Å²) in [5, 5.41) is 0. The summed E-state index contributed by atoms with van der Waals surface area (Å²) in [6.07, 6.45) is 6.79. The van der Waals surface area contributed by atoms with Gasteiger partial charge in [0.1, 0.15) is 0 Å². The third-order valence-corrected chi connectivity index (χ3v) is 12.8. The minimum atomic E-state index is -3.76. The summed E-state index contributed by atoms with van der Waals surface area (Å²) in [5.41, 5.74) is 1.77. The van der Waals surface area contributed by atoms with Crippen LogP contribution in [0.3, 0.4) is 0 Å². The molecule has 0 aromatic rings. The molecule has 0 saturated carbocycles. The topological polar surface area (TPSA) is 52.6 Å². The van der Waals surface area contributed by atoms with Crippen molar-refractivity contribution >= 4 is 31.1 Å². The molecule has 23 heavy (non-hydrogen) atoms. The molecule has 5 heteroatoms. The maximum absolute atomic E-state index is 12.1. The van der Waals surface area contributed by atoms with Crippen molar-refractivity contribution in [3.8, 4) is 0 Å². The Morgan fingerprint density at radius 2 is 1.13 bits per heavy atom. The van der Waals surface area contributed by atoms with E-state index < -0.39 is 19.2 Å². The van der Waals surface area contributed by atoms with Gasteiger partial charge in [0.25, 0.3) is 0 Å². The molecule has 0 amide bonds. The number of carbonyl (C=O) groups is 2. The fourth-order valence-corrected chi connectivity index (χ4v) is 11.7. The van der Waals surface area contributed by atoms with Crippen LogP contribution in [-0.2, 0) is 15.7 Å². The Balaban J connectivity index is 5.37. The Morgan fingerprint density at radius 3 is 1.39 bits per heavy atom. The van der Waals surface area contributed by atoms with Gasteiger partial charge in [-0.15, -0.1) is 0 Å². The van der Waals surface area contributed by atoms with Gasteiger partial charge in [0.2, 0.25) is 0 Å². The first-order valence-electron chi connectivity index (χ1n) is 8.50. The van der Waals surface area contributed by atoms with Crippen LogP contribution in [0.4, 0.5) is 0 Å². The zero-order valence-corrected chi connectivity index (χ0v) is 18.4. The average molecular weight is 431 g/mol. The second kappa shape index (κ2) is 11.7. The van der Waals surface area contributed by atoms with Gasteiger partial charge < -0.3 is 0 Å². The monoisotopic (exact) mass is 432 g/mol. The minimum absolute atomic E-state index is 0.363. The Bertz CT molecular complexity index is 402. The second-order valence-corrected chi connectivity index (χ2v) is 15.6. The van der Waals surface area contributed by atoms with Crippen LogP contribution in [0.15, 0.2) is 23.3 Å². The van der Waals surface area contributed by atoms with Gasteiger partial charge >= 0.3 is 146 Å². The number of unbranched alkanes of at least 4 members (excludes halogenated alkanes) is 2. The van der Waals surface area contributed by atoms with Crippen LogP contribution in [0.2, 0.25) is 8.87 Å². The number of hydrogen-bond acceptors (Lipinski definition) is 4. The van der Waals surface area contributed by atoms with E-state index in [0.717, 1.165) is 45.7 Å². The summed E-state index contributed by atoms with van der Waals surface area (Å²) in [6, 6.07) is 0. The number of hydrogen-bond donors (Lipinski definition) is 0. The Morgan fingerprint density at radius 1 is 0.783 bits per heavy atom. The van der Waals surface area contributed by atoms with Crippen molar-refractivity contribution in [3.63, 3.8) is 0 Å². The molecule has 0 rings (SSSR count). The molecule has 0 saturated heterocycles. The Hall–Kier alpha value is -0.781. The fourth-order valence-electron chi connectivity index (χ4n) is 2.14. The molecule has 0 atom stereocenters. The first-order valence-corrected chi connectivity index (χ1v) is 14.9. The fraction of sp³-hybridized carbons (Fsp3) is 0.667. The molecule has 132 valence electrons. The van der Waals surface area contributed by atoms with Crippen molar-refractivity contribution in [2.45, 2.75) is 76.1 Å². The van der Waals surface area contributed by atoms with Gasteiger partial charge in [0.05, 0.1) is 0 Å². The molecule has 4 nitrogen and oxygen atoms in total. The van der Waals surface area contributed by atoms with E-state index in [0.29, 0.717) is 0 Å². The predicted octanol–water partition coefficient (Wildman–Crippen LogP) is 5.05. The van der Waals surface area contributed by atoms with Crippen molar-refractivity contribution in [1.82, 2.24) is 0 Å². The van der Waals surface area contributed by atoms with Gasteiger partial charge in [0, 0.05) is 0 Å². The van der Waals surface area contributed by atoms with Crippen LogP contribution < -0.4 is 0 Å². The van der Waals surface area contributed by atoms with E-state index in [1.54, 1.807) is 0 Å². The SMILES string of the molecule is CCC[CH2][Sn]([CH2]CCC)([O]C(=O)C=C(C)C)[O]C(=O)C=C(C)C. The zero-order valence-electron chi connectivity index (χ0n) is 15.5. The van der Waals surface area contributed by atoms with Gasteiger partial charge in [-0.2, -0.15) is 0 Å². The molecule has 0 unspecified atom stereocenters. The van der Waals surface area contributed by atoms with Crippen LogP contribution >= 0.6 is 0 Å². The quantitative estimate of drug-likeness (QED) is 0.359. The summed E-state index contributed by atoms with van der Waals surface area (Å²) < 4.78 is 13.1. The van der Waals surface area contributed by atoms with Crippen molar-refractivity contribution < 1.29 is 15.7 Å². The molecule has 0 N–H and O–H groups in total. The van der Waals surface area contributed by atoms with E-state index in [9.17, 15) is 9.59 Å². The van der Waals surface area contributed by atoms with E-state index in [-0.39, 0.29) is 11.9 Å². The predicted molar refractivity (Wildman–Crippen MR) is 96.2 cm³/mol. The second-order valence-electron chi connectivity index (χ2n) is 6.40. The normalized spacial score (nSPS) is 10.7. The summed E-state index contributed by atoms with van der Waals surface area (Å²) in [4.78, 5) is 24.3. The van der Waals surface area contributed by atoms with E-state index in [2.05, 4.69) is 13.8 Å². The van der Waals surface area contributed by atoms with Crippen molar-refractivity contribution in [2.75, 3.05) is 0 Å². The number of carbonyl (C=O) groups excluding carboxylic acids is 2. The van der Waals surface area contributed by atoms with Gasteiger partial charge in [0.15, 0.2) is 0 Å². The van der Waals surface area contributed by atoms with Gasteiger partial charge in [-0.25, -0.2) is 0 Å². The maximum atomic E-state index is 12.1. The molecule has 0 radical (unpaired) electrons. The molecule has 0 heterocycles. The molecule has 0 aromatic carbocycles. The van der Waals surface area contributed by atoms with Crippen LogP contribution in [0.1, 0.15) is 67.2 Å². The molecular formula is C18H32O4Sn. The summed E-state index contributed by atoms with van der Waals surface area (Å²) in [7, 11) is 0. The van der Waals surface area contributed by atoms with E-state index in [4.69, 9.17) is 6.15 Å². The molecule has 0 aromatic heterocycles. The van der Waals surface area contributed by atoms with Gasteiger partial charge in [-0.3, -0.25) is 0 Å². The van der Waals surface area contributed by atoms with E-state index in [1.165, 1.54) is 12.2 Å². The number of allylic oxidation sites excluding steroid dienone is 2.